The zero-order valence-corrected chi connectivity index (χ0v) is 11.9. The molecule has 1 aromatic rings. The van der Waals surface area contributed by atoms with Crippen LogP contribution in [0.25, 0.3) is 0 Å². The van der Waals surface area contributed by atoms with Crippen molar-refractivity contribution < 1.29 is 19.4 Å². The molecule has 0 saturated carbocycles. The Kier molecular flexibility index (Phi) is 3.68. The fourth-order valence-electron chi connectivity index (χ4n) is 3.37. The number of fused-ring (bicyclic) bond motifs is 2. The van der Waals surface area contributed by atoms with Gasteiger partial charge in [-0.15, -0.1) is 0 Å². The van der Waals surface area contributed by atoms with Gasteiger partial charge in [-0.3, -0.25) is 9.59 Å². The van der Waals surface area contributed by atoms with Gasteiger partial charge in [0.2, 0.25) is 5.91 Å². The summed E-state index contributed by atoms with van der Waals surface area (Å²) >= 11 is 0. The number of carbonyl (C=O) groups is 2. The van der Waals surface area contributed by atoms with Gasteiger partial charge in [0.1, 0.15) is 0 Å². The van der Waals surface area contributed by atoms with Gasteiger partial charge in [0.25, 0.3) is 0 Å². The molecule has 1 aromatic carbocycles. The molecule has 2 aliphatic heterocycles. The van der Waals surface area contributed by atoms with E-state index >= 15 is 0 Å². The number of aryl methyl sites for hydroxylation is 1. The highest BCUT2D eigenvalue weighted by Gasteiger charge is 2.55. The molecular formula is C16H19NO4. The molecule has 4 atom stereocenters. The van der Waals surface area contributed by atoms with Gasteiger partial charge in [0.15, 0.2) is 0 Å². The maximum Gasteiger partial charge on any atom is 0.310 e. The second kappa shape index (κ2) is 5.48. The SMILES string of the molecule is CCc1ccc(NC(=O)[C@@H]2[C@@H](C(=O)O)[C@@H]3CC[C@@H]2O3)cc1. The third-order valence-electron chi connectivity index (χ3n) is 4.49. The van der Waals surface area contributed by atoms with E-state index in [1.165, 1.54) is 5.56 Å². The Bertz CT molecular complexity index is 554. The van der Waals surface area contributed by atoms with Crippen molar-refractivity contribution in [2.75, 3.05) is 5.32 Å². The van der Waals surface area contributed by atoms with E-state index in [1.54, 1.807) is 0 Å². The van der Waals surface area contributed by atoms with Gasteiger partial charge in [0.05, 0.1) is 24.0 Å². The number of rotatable bonds is 4. The Labute approximate surface area is 123 Å². The minimum atomic E-state index is -0.941. The second-order valence-corrected chi connectivity index (χ2v) is 5.72. The van der Waals surface area contributed by atoms with E-state index < -0.39 is 17.8 Å². The van der Waals surface area contributed by atoms with Crippen LogP contribution in [0.5, 0.6) is 0 Å². The lowest BCUT2D eigenvalue weighted by Gasteiger charge is -2.23. The third kappa shape index (κ3) is 2.53. The average molecular weight is 289 g/mol. The van der Waals surface area contributed by atoms with Crippen molar-refractivity contribution >= 4 is 17.6 Å². The first-order valence-corrected chi connectivity index (χ1v) is 7.38. The summed E-state index contributed by atoms with van der Waals surface area (Å²) in [6, 6.07) is 7.62. The summed E-state index contributed by atoms with van der Waals surface area (Å²) in [6.07, 6.45) is 1.87. The summed E-state index contributed by atoms with van der Waals surface area (Å²) in [5.74, 6) is -2.51. The molecule has 3 rings (SSSR count). The first kappa shape index (κ1) is 14.1. The zero-order chi connectivity index (χ0) is 15.0. The lowest BCUT2D eigenvalue weighted by Crippen LogP contribution is -2.40. The van der Waals surface area contributed by atoms with Crippen LogP contribution in [0.1, 0.15) is 25.3 Å². The third-order valence-corrected chi connectivity index (χ3v) is 4.49. The molecule has 2 saturated heterocycles. The lowest BCUT2D eigenvalue weighted by molar-refractivity contribution is -0.147. The van der Waals surface area contributed by atoms with Gasteiger partial charge in [-0.05, 0) is 37.0 Å². The summed E-state index contributed by atoms with van der Waals surface area (Å²) in [4.78, 5) is 23.8. The van der Waals surface area contributed by atoms with Crippen molar-refractivity contribution in [1.82, 2.24) is 0 Å². The number of anilines is 1. The molecule has 2 bridgehead atoms. The van der Waals surface area contributed by atoms with Crippen molar-refractivity contribution in [3.05, 3.63) is 29.8 Å². The van der Waals surface area contributed by atoms with Crippen LogP contribution in [0.4, 0.5) is 5.69 Å². The maximum atomic E-state index is 12.4. The highest BCUT2D eigenvalue weighted by atomic mass is 16.5. The predicted octanol–water partition coefficient (Wildman–Crippen LogP) is 2.07. The Balaban J connectivity index is 1.73. The quantitative estimate of drug-likeness (QED) is 0.889. The van der Waals surface area contributed by atoms with Gasteiger partial charge in [-0.2, -0.15) is 0 Å². The van der Waals surface area contributed by atoms with Crippen LogP contribution in [0.15, 0.2) is 24.3 Å². The monoisotopic (exact) mass is 289 g/mol. The zero-order valence-electron chi connectivity index (χ0n) is 11.9. The minimum Gasteiger partial charge on any atom is -0.481 e. The van der Waals surface area contributed by atoms with Gasteiger partial charge in [-0.1, -0.05) is 19.1 Å². The number of hydrogen-bond acceptors (Lipinski definition) is 3. The molecule has 0 spiro atoms. The first-order valence-electron chi connectivity index (χ1n) is 7.38. The molecule has 1 amide bonds. The number of benzene rings is 1. The van der Waals surface area contributed by atoms with Crippen LogP contribution >= 0.6 is 0 Å². The largest absolute Gasteiger partial charge is 0.481 e. The van der Waals surface area contributed by atoms with Crippen molar-refractivity contribution in [2.24, 2.45) is 11.8 Å². The summed E-state index contributed by atoms with van der Waals surface area (Å²) in [5, 5.41) is 12.2. The van der Waals surface area contributed by atoms with Crippen LogP contribution in [-0.2, 0) is 20.7 Å². The van der Waals surface area contributed by atoms with Gasteiger partial charge in [0, 0.05) is 5.69 Å². The van der Waals surface area contributed by atoms with Crippen molar-refractivity contribution in [1.29, 1.82) is 0 Å². The molecule has 112 valence electrons. The van der Waals surface area contributed by atoms with Gasteiger partial charge in [-0.25, -0.2) is 0 Å². The van der Waals surface area contributed by atoms with Crippen LogP contribution < -0.4 is 5.32 Å². The molecule has 2 heterocycles. The molecule has 0 aromatic heterocycles. The Morgan fingerprint density at radius 3 is 2.38 bits per heavy atom. The van der Waals surface area contributed by atoms with E-state index in [0.717, 1.165) is 19.3 Å². The Morgan fingerprint density at radius 2 is 1.81 bits per heavy atom. The van der Waals surface area contributed by atoms with Gasteiger partial charge >= 0.3 is 5.97 Å². The topological polar surface area (TPSA) is 75.6 Å². The summed E-state index contributed by atoms with van der Waals surface area (Å²) in [6.45, 7) is 2.07. The number of carbonyl (C=O) groups excluding carboxylic acids is 1. The van der Waals surface area contributed by atoms with E-state index in [4.69, 9.17) is 4.74 Å². The lowest BCUT2D eigenvalue weighted by atomic mass is 9.78. The number of amides is 1. The first-order chi connectivity index (χ1) is 10.1. The van der Waals surface area contributed by atoms with Crippen molar-refractivity contribution in [3.8, 4) is 0 Å². The molecule has 0 radical (unpaired) electrons. The average Bonchev–Trinajstić information content (AvgIpc) is 3.08. The van der Waals surface area contributed by atoms with E-state index in [2.05, 4.69) is 12.2 Å². The normalized spacial score (nSPS) is 30.3. The summed E-state index contributed by atoms with van der Waals surface area (Å²) in [7, 11) is 0. The minimum absolute atomic E-state index is 0.251. The maximum absolute atomic E-state index is 12.4. The van der Waals surface area contributed by atoms with Crippen molar-refractivity contribution in [3.63, 3.8) is 0 Å². The number of ether oxygens (including phenoxy) is 1. The predicted molar refractivity (Wildman–Crippen MR) is 77.0 cm³/mol. The van der Waals surface area contributed by atoms with Crippen molar-refractivity contribution in [2.45, 2.75) is 38.4 Å². The van der Waals surface area contributed by atoms with Crippen LogP contribution in [0.2, 0.25) is 0 Å². The van der Waals surface area contributed by atoms with E-state index in [0.29, 0.717) is 5.69 Å². The van der Waals surface area contributed by atoms with E-state index in [9.17, 15) is 14.7 Å². The summed E-state index contributed by atoms with van der Waals surface area (Å²) in [5.41, 5.74) is 1.89. The molecule has 2 fully saturated rings. The molecule has 5 nitrogen and oxygen atoms in total. The molecular weight excluding hydrogens is 270 g/mol. The van der Waals surface area contributed by atoms with Crippen LogP contribution in [0.3, 0.4) is 0 Å². The molecule has 5 heteroatoms. The fourth-order valence-corrected chi connectivity index (χ4v) is 3.37. The molecule has 0 unspecified atom stereocenters. The standard InChI is InChI=1S/C16H19NO4/c1-2-9-3-5-10(6-4-9)17-15(18)13-11-7-8-12(21-11)14(13)16(19)20/h3-6,11-14H,2,7-8H2,1H3,(H,17,18)(H,19,20)/t11-,12-,13-,14-/m0/s1. The highest BCUT2D eigenvalue weighted by molar-refractivity contribution is 5.96. The summed E-state index contributed by atoms with van der Waals surface area (Å²) < 4.78 is 5.61. The molecule has 0 aliphatic carbocycles. The van der Waals surface area contributed by atoms with Gasteiger partial charge < -0.3 is 15.2 Å². The number of aliphatic carboxylic acids is 1. The number of nitrogens with one attached hydrogen (secondary N) is 1. The smallest absolute Gasteiger partial charge is 0.310 e. The fraction of sp³-hybridized carbons (Fsp3) is 0.500. The molecule has 2 N–H and O–H groups in total. The van der Waals surface area contributed by atoms with E-state index in [-0.39, 0.29) is 18.1 Å². The Morgan fingerprint density at radius 1 is 1.19 bits per heavy atom. The molecule has 21 heavy (non-hydrogen) atoms. The van der Waals surface area contributed by atoms with E-state index in [1.807, 2.05) is 24.3 Å². The Hall–Kier alpha value is -1.88. The number of carboxylic acid groups (broad SMARTS) is 1. The number of carboxylic acids is 1. The van der Waals surface area contributed by atoms with Crippen LogP contribution in [-0.4, -0.2) is 29.2 Å². The molecule has 2 aliphatic rings. The number of hydrogen-bond donors (Lipinski definition) is 2. The second-order valence-electron chi connectivity index (χ2n) is 5.72. The van der Waals surface area contributed by atoms with Crippen LogP contribution in [0, 0.1) is 11.8 Å². The highest BCUT2D eigenvalue weighted by Crippen LogP contribution is 2.44.